The van der Waals surface area contributed by atoms with Gasteiger partial charge in [0.15, 0.2) is 23.2 Å². The molecule has 3 rings (SSSR count). The van der Waals surface area contributed by atoms with E-state index >= 15 is 0 Å². The summed E-state index contributed by atoms with van der Waals surface area (Å²) in [6.45, 7) is 3.47. The summed E-state index contributed by atoms with van der Waals surface area (Å²) in [5, 5.41) is 0. The Morgan fingerprint density at radius 1 is 0.929 bits per heavy atom. The van der Waals surface area contributed by atoms with E-state index in [-0.39, 0.29) is 17.2 Å². The van der Waals surface area contributed by atoms with Crippen LogP contribution >= 0.6 is 0 Å². The van der Waals surface area contributed by atoms with Crippen LogP contribution in [0.25, 0.3) is 6.08 Å². The standard InChI is InChI=1S/C23H24F4O/c1-3-15-10-11-17(21(25)20(15)24)9-6-14-4-7-16(8-5-14)18-12-13-19(28-2)23(27)22(18)26/h3,10-14,16H,1,4-9H2,2H3. The molecule has 0 N–H and O–H groups in total. The molecule has 1 fully saturated rings. The van der Waals surface area contributed by atoms with Gasteiger partial charge in [-0.15, -0.1) is 0 Å². The van der Waals surface area contributed by atoms with E-state index in [1.807, 2.05) is 0 Å². The van der Waals surface area contributed by atoms with E-state index in [9.17, 15) is 17.6 Å². The highest BCUT2D eigenvalue weighted by Gasteiger charge is 2.26. The number of rotatable bonds is 6. The molecule has 0 heterocycles. The molecule has 0 radical (unpaired) electrons. The molecule has 1 aliphatic carbocycles. The van der Waals surface area contributed by atoms with Gasteiger partial charge in [-0.25, -0.2) is 13.2 Å². The largest absolute Gasteiger partial charge is 0.494 e. The molecule has 5 heteroatoms. The fraction of sp³-hybridized carbons (Fsp3) is 0.391. The van der Waals surface area contributed by atoms with Gasteiger partial charge in [0.1, 0.15) is 0 Å². The smallest absolute Gasteiger partial charge is 0.200 e. The molecule has 1 saturated carbocycles. The van der Waals surface area contributed by atoms with Crippen molar-refractivity contribution in [3.8, 4) is 5.75 Å². The molecule has 2 aromatic rings. The molecule has 1 aliphatic rings. The summed E-state index contributed by atoms with van der Waals surface area (Å²) in [7, 11) is 1.31. The lowest BCUT2D eigenvalue weighted by Gasteiger charge is -2.29. The second kappa shape index (κ2) is 8.80. The van der Waals surface area contributed by atoms with Gasteiger partial charge in [-0.3, -0.25) is 0 Å². The molecule has 0 amide bonds. The molecule has 0 saturated heterocycles. The zero-order chi connectivity index (χ0) is 20.3. The summed E-state index contributed by atoms with van der Waals surface area (Å²) in [5.74, 6) is -3.19. The van der Waals surface area contributed by atoms with Crippen molar-refractivity contribution in [2.24, 2.45) is 5.92 Å². The van der Waals surface area contributed by atoms with Crippen LogP contribution in [-0.4, -0.2) is 7.11 Å². The first-order valence-electron chi connectivity index (χ1n) is 9.57. The van der Waals surface area contributed by atoms with Crippen LogP contribution in [0.2, 0.25) is 0 Å². The normalized spacial score (nSPS) is 19.5. The van der Waals surface area contributed by atoms with E-state index in [2.05, 4.69) is 6.58 Å². The van der Waals surface area contributed by atoms with Crippen molar-refractivity contribution in [3.05, 3.63) is 70.8 Å². The Morgan fingerprint density at radius 3 is 2.29 bits per heavy atom. The Hall–Kier alpha value is -2.30. The van der Waals surface area contributed by atoms with Crippen LogP contribution in [0.4, 0.5) is 17.6 Å². The van der Waals surface area contributed by atoms with Crippen molar-refractivity contribution < 1.29 is 22.3 Å². The molecule has 0 atom stereocenters. The van der Waals surface area contributed by atoms with Gasteiger partial charge in [-0.2, -0.15) is 4.39 Å². The summed E-state index contributed by atoms with van der Waals surface area (Å²) in [6.07, 6.45) is 5.71. The molecule has 0 aliphatic heterocycles. The topological polar surface area (TPSA) is 9.23 Å². The average Bonchev–Trinajstić information content (AvgIpc) is 2.72. The Morgan fingerprint density at radius 2 is 1.64 bits per heavy atom. The lowest BCUT2D eigenvalue weighted by Crippen LogP contribution is -2.16. The van der Waals surface area contributed by atoms with Crippen LogP contribution < -0.4 is 4.74 Å². The maximum absolute atomic E-state index is 14.3. The number of benzene rings is 2. The zero-order valence-electron chi connectivity index (χ0n) is 15.9. The number of hydrogen-bond donors (Lipinski definition) is 0. The van der Waals surface area contributed by atoms with Crippen LogP contribution in [0.5, 0.6) is 5.75 Å². The predicted molar refractivity (Wildman–Crippen MR) is 102 cm³/mol. The first kappa shape index (κ1) is 20.4. The second-order valence-corrected chi connectivity index (χ2v) is 7.39. The fourth-order valence-electron chi connectivity index (χ4n) is 4.10. The third kappa shape index (κ3) is 4.08. The minimum Gasteiger partial charge on any atom is -0.494 e. The minimum absolute atomic E-state index is 0.0299. The highest BCUT2D eigenvalue weighted by Crippen LogP contribution is 2.40. The highest BCUT2D eigenvalue weighted by atomic mass is 19.2. The first-order valence-corrected chi connectivity index (χ1v) is 9.57. The molecular weight excluding hydrogens is 368 g/mol. The molecule has 1 nitrogen and oxygen atoms in total. The molecule has 0 aromatic heterocycles. The first-order chi connectivity index (χ1) is 13.5. The van der Waals surface area contributed by atoms with Crippen LogP contribution in [0.3, 0.4) is 0 Å². The lowest BCUT2D eigenvalue weighted by molar-refractivity contribution is 0.302. The van der Waals surface area contributed by atoms with Crippen molar-refractivity contribution in [2.75, 3.05) is 7.11 Å². The van der Waals surface area contributed by atoms with Crippen molar-refractivity contribution in [1.82, 2.24) is 0 Å². The minimum atomic E-state index is -0.942. The number of methoxy groups -OCH3 is 1. The summed E-state index contributed by atoms with van der Waals surface area (Å²) >= 11 is 0. The van der Waals surface area contributed by atoms with E-state index in [4.69, 9.17) is 4.74 Å². The van der Waals surface area contributed by atoms with Gasteiger partial charge in [-0.05, 0) is 67.6 Å². The SMILES string of the molecule is C=Cc1ccc(CCC2CCC(c3ccc(OC)c(F)c3F)CC2)c(F)c1F. The highest BCUT2D eigenvalue weighted by molar-refractivity contribution is 5.48. The molecular formula is C23H24F4O. The Labute approximate surface area is 163 Å². The number of hydrogen-bond acceptors (Lipinski definition) is 1. The quantitative estimate of drug-likeness (QED) is 0.491. The van der Waals surface area contributed by atoms with Crippen LogP contribution in [-0.2, 0) is 6.42 Å². The summed E-state index contributed by atoms with van der Waals surface area (Å²) < 4.78 is 61.1. The van der Waals surface area contributed by atoms with Gasteiger partial charge >= 0.3 is 0 Å². The van der Waals surface area contributed by atoms with E-state index in [1.165, 1.54) is 19.3 Å². The van der Waals surface area contributed by atoms with E-state index < -0.39 is 23.3 Å². The molecule has 150 valence electrons. The molecule has 0 unspecified atom stereocenters. The monoisotopic (exact) mass is 392 g/mol. The third-order valence-corrected chi connectivity index (χ3v) is 5.82. The van der Waals surface area contributed by atoms with Crippen molar-refractivity contribution >= 4 is 6.08 Å². The Kier molecular flexibility index (Phi) is 6.42. The van der Waals surface area contributed by atoms with Gasteiger partial charge in [0.2, 0.25) is 5.82 Å². The maximum Gasteiger partial charge on any atom is 0.200 e. The van der Waals surface area contributed by atoms with Gasteiger partial charge < -0.3 is 4.74 Å². The fourth-order valence-corrected chi connectivity index (χ4v) is 4.10. The summed E-state index contributed by atoms with van der Waals surface area (Å²) in [6, 6.07) is 6.21. The van der Waals surface area contributed by atoms with E-state index in [0.717, 1.165) is 32.1 Å². The van der Waals surface area contributed by atoms with Gasteiger partial charge in [0, 0.05) is 5.56 Å². The summed E-state index contributed by atoms with van der Waals surface area (Å²) in [4.78, 5) is 0. The average molecular weight is 392 g/mol. The van der Waals surface area contributed by atoms with Gasteiger partial charge in [0.25, 0.3) is 0 Å². The number of halogens is 4. The molecule has 2 aromatic carbocycles. The van der Waals surface area contributed by atoms with Crippen molar-refractivity contribution in [2.45, 2.75) is 44.4 Å². The number of ether oxygens (including phenoxy) is 1. The third-order valence-electron chi connectivity index (χ3n) is 5.82. The predicted octanol–water partition coefficient (Wildman–Crippen LogP) is 6.80. The van der Waals surface area contributed by atoms with Gasteiger partial charge in [-0.1, -0.05) is 30.9 Å². The summed E-state index contributed by atoms with van der Waals surface area (Å²) in [5.41, 5.74) is 0.925. The Balaban J connectivity index is 1.59. The van der Waals surface area contributed by atoms with Crippen LogP contribution in [0.1, 0.15) is 54.7 Å². The lowest BCUT2D eigenvalue weighted by atomic mass is 9.76. The van der Waals surface area contributed by atoms with Crippen LogP contribution in [0, 0.1) is 29.2 Å². The maximum atomic E-state index is 14.3. The van der Waals surface area contributed by atoms with Crippen molar-refractivity contribution in [1.29, 1.82) is 0 Å². The second-order valence-electron chi connectivity index (χ2n) is 7.39. The van der Waals surface area contributed by atoms with Crippen molar-refractivity contribution in [3.63, 3.8) is 0 Å². The van der Waals surface area contributed by atoms with E-state index in [0.29, 0.717) is 23.5 Å². The molecule has 28 heavy (non-hydrogen) atoms. The number of aryl methyl sites for hydroxylation is 1. The Bertz CT molecular complexity index is 854. The molecule has 0 spiro atoms. The van der Waals surface area contributed by atoms with Crippen LogP contribution in [0.15, 0.2) is 30.8 Å². The van der Waals surface area contributed by atoms with Gasteiger partial charge in [0.05, 0.1) is 7.11 Å². The molecule has 0 bridgehead atoms. The van der Waals surface area contributed by atoms with E-state index in [1.54, 1.807) is 18.2 Å². The zero-order valence-corrected chi connectivity index (χ0v) is 15.9.